The van der Waals surface area contributed by atoms with Crippen molar-refractivity contribution in [2.24, 2.45) is 0 Å². The van der Waals surface area contributed by atoms with Crippen LogP contribution in [0.15, 0.2) is 0 Å². The van der Waals surface area contributed by atoms with E-state index in [1.165, 1.54) is 0 Å². The number of rotatable bonds is 7. The summed E-state index contributed by atoms with van der Waals surface area (Å²) >= 11 is 0. The van der Waals surface area contributed by atoms with Crippen molar-refractivity contribution in [3.63, 3.8) is 0 Å². The largest absolute Gasteiger partial charge is 0.389 e. The maximum Gasteiger partial charge on any atom is 0.389 e. The molecule has 6 heteroatoms. The third-order valence-corrected chi connectivity index (χ3v) is 3.38. The summed E-state index contributed by atoms with van der Waals surface area (Å²) in [5.41, 5.74) is 0. The molecule has 114 valence electrons. The molecule has 0 saturated carbocycles. The Labute approximate surface area is 113 Å². The van der Waals surface area contributed by atoms with Crippen molar-refractivity contribution in [1.29, 1.82) is 0 Å². The van der Waals surface area contributed by atoms with Crippen LogP contribution in [0.2, 0.25) is 0 Å². The van der Waals surface area contributed by atoms with Crippen LogP contribution in [-0.2, 0) is 4.74 Å². The lowest BCUT2D eigenvalue weighted by molar-refractivity contribution is -0.136. The molecule has 0 amide bonds. The van der Waals surface area contributed by atoms with Crippen LogP contribution < -0.4 is 5.32 Å². The molecule has 0 aromatic carbocycles. The van der Waals surface area contributed by atoms with Crippen molar-refractivity contribution in [2.45, 2.75) is 50.9 Å². The highest BCUT2D eigenvalue weighted by Gasteiger charge is 2.30. The Morgan fingerprint density at radius 3 is 2.74 bits per heavy atom. The SMILES string of the molecule is CCCNC(CCCC(F)(F)F)C1CN(C)CCO1. The molecule has 0 spiro atoms. The molecule has 2 unspecified atom stereocenters. The highest BCUT2D eigenvalue weighted by molar-refractivity contribution is 4.82. The van der Waals surface area contributed by atoms with E-state index < -0.39 is 12.6 Å². The quantitative estimate of drug-likeness (QED) is 0.776. The van der Waals surface area contributed by atoms with Gasteiger partial charge in [-0.05, 0) is 32.9 Å². The molecule has 1 heterocycles. The van der Waals surface area contributed by atoms with Gasteiger partial charge in [0.1, 0.15) is 0 Å². The second kappa shape index (κ2) is 8.07. The summed E-state index contributed by atoms with van der Waals surface area (Å²) in [4.78, 5) is 2.17. The first-order valence-electron chi connectivity index (χ1n) is 7.02. The molecule has 1 rings (SSSR count). The van der Waals surface area contributed by atoms with Gasteiger partial charge in [0.05, 0.1) is 12.7 Å². The third kappa shape index (κ3) is 7.13. The zero-order chi connectivity index (χ0) is 14.3. The smallest absolute Gasteiger partial charge is 0.374 e. The summed E-state index contributed by atoms with van der Waals surface area (Å²) in [7, 11) is 2.02. The minimum Gasteiger partial charge on any atom is -0.374 e. The fourth-order valence-electron chi connectivity index (χ4n) is 2.33. The Bertz CT molecular complexity index is 249. The normalized spacial score (nSPS) is 23.5. The van der Waals surface area contributed by atoms with E-state index in [0.29, 0.717) is 13.0 Å². The van der Waals surface area contributed by atoms with Crippen molar-refractivity contribution < 1.29 is 17.9 Å². The van der Waals surface area contributed by atoms with Gasteiger partial charge in [0.2, 0.25) is 0 Å². The number of alkyl halides is 3. The number of nitrogens with zero attached hydrogens (tertiary/aromatic N) is 1. The van der Waals surface area contributed by atoms with E-state index in [9.17, 15) is 13.2 Å². The lowest BCUT2D eigenvalue weighted by atomic mass is 10.0. The van der Waals surface area contributed by atoms with Gasteiger partial charge in [-0.3, -0.25) is 0 Å². The Morgan fingerprint density at radius 2 is 2.16 bits per heavy atom. The third-order valence-electron chi connectivity index (χ3n) is 3.38. The molecule has 1 N–H and O–H groups in total. The molecule has 0 radical (unpaired) electrons. The van der Waals surface area contributed by atoms with Gasteiger partial charge < -0.3 is 15.0 Å². The van der Waals surface area contributed by atoms with E-state index in [1.807, 2.05) is 14.0 Å². The first-order chi connectivity index (χ1) is 8.92. The van der Waals surface area contributed by atoms with Crippen molar-refractivity contribution >= 4 is 0 Å². The Balaban J connectivity index is 2.41. The van der Waals surface area contributed by atoms with E-state index in [0.717, 1.165) is 26.1 Å². The second-order valence-electron chi connectivity index (χ2n) is 5.24. The molecule has 19 heavy (non-hydrogen) atoms. The topological polar surface area (TPSA) is 24.5 Å². The average molecular weight is 282 g/mol. The van der Waals surface area contributed by atoms with Gasteiger partial charge in [-0.2, -0.15) is 13.2 Å². The van der Waals surface area contributed by atoms with Crippen LogP contribution in [0, 0.1) is 0 Å². The number of morpholine rings is 1. The lowest BCUT2D eigenvalue weighted by Crippen LogP contribution is -2.51. The van der Waals surface area contributed by atoms with Crippen LogP contribution in [-0.4, -0.2) is 56.5 Å². The summed E-state index contributed by atoms with van der Waals surface area (Å²) in [6.45, 7) is 5.20. The van der Waals surface area contributed by atoms with Crippen molar-refractivity contribution in [3.05, 3.63) is 0 Å². The number of ether oxygens (including phenoxy) is 1. The van der Waals surface area contributed by atoms with E-state index in [-0.39, 0.29) is 18.6 Å². The summed E-state index contributed by atoms with van der Waals surface area (Å²) in [6.07, 6.45) is -3.12. The maximum atomic E-state index is 12.2. The number of likely N-dealkylation sites (N-methyl/N-ethyl adjacent to an activating group) is 1. The molecule has 0 aliphatic carbocycles. The monoisotopic (exact) mass is 282 g/mol. The predicted octanol–water partition coefficient (Wildman–Crippen LogP) is 2.42. The van der Waals surface area contributed by atoms with Gasteiger partial charge >= 0.3 is 6.18 Å². The Kier molecular flexibility index (Phi) is 7.10. The molecule has 0 aromatic heterocycles. The number of hydrogen-bond donors (Lipinski definition) is 1. The first kappa shape index (κ1) is 16.7. The van der Waals surface area contributed by atoms with Crippen molar-refractivity contribution in [2.75, 3.05) is 33.3 Å². The molecule has 3 nitrogen and oxygen atoms in total. The molecule has 0 aromatic rings. The molecule has 2 atom stereocenters. The van der Waals surface area contributed by atoms with Crippen LogP contribution in [0.1, 0.15) is 32.6 Å². The van der Waals surface area contributed by atoms with Crippen LogP contribution in [0.4, 0.5) is 13.2 Å². The van der Waals surface area contributed by atoms with E-state index in [2.05, 4.69) is 10.2 Å². The van der Waals surface area contributed by atoms with E-state index in [4.69, 9.17) is 4.74 Å². The fraction of sp³-hybridized carbons (Fsp3) is 1.00. The van der Waals surface area contributed by atoms with Crippen LogP contribution in [0.5, 0.6) is 0 Å². The molecule has 1 aliphatic heterocycles. The summed E-state index contributed by atoms with van der Waals surface area (Å²) in [5, 5.41) is 3.33. The van der Waals surface area contributed by atoms with E-state index in [1.54, 1.807) is 0 Å². The minimum atomic E-state index is -4.06. The molecule has 1 aliphatic rings. The maximum absolute atomic E-state index is 12.2. The van der Waals surface area contributed by atoms with Gasteiger partial charge in [-0.25, -0.2) is 0 Å². The van der Waals surface area contributed by atoms with Gasteiger partial charge in [0.15, 0.2) is 0 Å². The summed E-state index contributed by atoms with van der Waals surface area (Å²) < 4.78 is 42.3. The predicted molar refractivity (Wildman–Crippen MR) is 69.2 cm³/mol. The first-order valence-corrected chi connectivity index (χ1v) is 7.02. The van der Waals surface area contributed by atoms with Crippen LogP contribution in [0.25, 0.3) is 0 Å². The van der Waals surface area contributed by atoms with Gasteiger partial charge in [0.25, 0.3) is 0 Å². The highest BCUT2D eigenvalue weighted by atomic mass is 19.4. The zero-order valence-corrected chi connectivity index (χ0v) is 11.8. The Hall–Kier alpha value is -0.330. The van der Waals surface area contributed by atoms with Crippen LogP contribution >= 0.6 is 0 Å². The van der Waals surface area contributed by atoms with Crippen LogP contribution in [0.3, 0.4) is 0 Å². The number of hydrogen-bond acceptors (Lipinski definition) is 3. The lowest BCUT2D eigenvalue weighted by Gasteiger charge is -2.35. The summed E-state index contributed by atoms with van der Waals surface area (Å²) in [6, 6.07) is 0.0186. The molecule has 1 fully saturated rings. The average Bonchev–Trinajstić information content (AvgIpc) is 2.32. The fourth-order valence-corrected chi connectivity index (χ4v) is 2.33. The van der Waals surface area contributed by atoms with E-state index >= 15 is 0 Å². The van der Waals surface area contributed by atoms with Gasteiger partial charge in [-0.15, -0.1) is 0 Å². The van der Waals surface area contributed by atoms with Gasteiger partial charge in [0, 0.05) is 25.6 Å². The number of nitrogens with one attached hydrogen (secondary N) is 1. The minimum absolute atomic E-state index is 0.00136. The highest BCUT2D eigenvalue weighted by Crippen LogP contribution is 2.23. The number of halogens is 3. The molecular formula is C13H25F3N2O. The van der Waals surface area contributed by atoms with Gasteiger partial charge in [-0.1, -0.05) is 6.92 Å². The molecular weight excluding hydrogens is 257 g/mol. The van der Waals surface area contributed by atoms with Crippen molar-refractivity contribution in [1.82, 2.24) is 10.2 Å². The standard InChI is InChI=1S/C13H25F3N2O/c1-3-7-17-11(5-4-6-13(14,15)16)12-10-18(2)8-9-19-12/h11-12,17H,3-10H2,1-2H3. The summed E-state index contributed by atoms with van der Waals surface area (Å²) in [5.74, 6) is 0. The second-order valence-corrected chi connectivity index (χ2v) is 5.24. The van der Waals surface area contributed by atoms with Crippen molar-refractivity contribution in [3.8, 4) is 0 Å². The Morgan fingerprint density at radius 1 is 1.42 bits per heavy atom. The molecule has 0 bridgehead atoms. The molecule has 1 saturated heterocycles. The zero-order valence-electron chi connectivity index (χ0n) is 11.8.